The molecule has 1 heterocycles. The molecule has 1 N–H and O–H groups in total. The number of carbonyl (C=O) groups is 1. The third-order valence-electron chi connectivity index (χ3n) is 3.31. The molecule has 1 aromatic carbocycles. The van der Waals surface area contributed by atoms with E-state index in [1.54, 1.807) is 0 Å². The minimum absolute atomic E-state index is 0.00186. The number of aliphatic imine (C=N–C) groups is 1. The van der Waals surface area contributed by atoms with Gasteiger partial charge in [-0.1, -0.05) is 31.2 Å². The Morgan fingerprint density at radius 2 is 2.09 bits per heavy atom. The molecule has 0 unspecified atom stereocenters. The van der Waals surface area contributed by atoms with E-state index in [1.165, 1.54) is 0 Å². The molecule has 5 nitrogen and oxygen atoms in total. The molecule has 2 aromatic rings. The average molecular weight is 300 g/mol. The van der Waals surface area contributed by atoms with Crippen molar-refractivity contribution in [3.63, 3.8) is 0 Å². The van der Waals surface area contributed by atoms with Crippen molar-refractivity contribution in [3.8, 4) is 0 Å². The third kappa shape index (κ3) is 3.89. The molecule has 116 valence electrons. The first kappa shape index (κ1) is 16.1. The van der Waals surface area contributed by atoms with Crippen molar-refractivity contribution in [2.75, 3.05) is 13.2 Å². The van der Waals surface area contributed by atoms with E-state index in [0.29, 0.717) is 12.1 Å². The zero-order valence-corrected chi connectivity index (χ0v) is 12.8. The van der Waals surface area contributed by atoms with Crippen LogP contribution >= 0.6 is 0 Å². The fraction of sp³-hybridized carbons (Fsp3) is 0.353. The van der Waals surface area contributed by atoms with Crippen molar-refractivity contribution >= 4 is 22.6 Å². The normalized spacial score (nSPS) is 13.1. The Morgan fingerprint density at radius 3 is 2.82 bits per heavy atom. The average Bonchev–Trinajstić information content (AvgIpc) is 2.56. The summed E-state index contributed by atoms with van der Waals surface area (Å²) in [5.41, 5.74) is 2.33. The molecule has 0 spiro atoms. The number of benzene rings is 1. The van der Waals surface area contributed by atoms with Crippen LogP contribution in [0, 0.1) is 0 Å². The van der Waals surface area contributed by atoms with E-state index in [4.69, 9.17) is 9.84 Å². The van der Waals surface area contributed by atoms with E-state index in [9.17, 15) is 4.79 Å². The number of para-hydroxylation sites is 1. The number of fused-ring (bicyclic) bond motifs is 1. The zero-order chi connectivity index (χ0) is 15.9. The minimum atomic E-state index is -0.570. The van der Waals surface area contributed by atoms with E-state index in [2.05, 4.69) is 9.98 Å². The highest BCUT2D eigenvalue weighted by Crippen LogP contribution is 2.13. The van der Waals surface area contributed by atoms with Gasteiger partial charge in [0.05, 0.1) is 23.5 Å². The van der Waals surface area contributed by atoms with Crippen molar-refractivity contribution in [1.82, 2.24) is 4.98 Å². The second-order valence-corrected chi connectivity index (χ2v) is 4.92. The number of ether oxygens (including phenoxy) is 1. The predicted octanol–water partition coefficient (Wildman–Crippen LogP) is 2.36. The molecule has 0 amide bonds. The van der Waals surface area contributed by atoms with Crippen LogP contribution in [0.25, 0.3) is 10.9 Å². The number of rotatable bonds is 6. The van der Waals surface area contributed by atoms with Crippen LogP contribution in [0.15, 0.2) is 41.4 Å². The lowest BCUT2D eigenvalue weighted by atomic mass is 10.1. The molecule has 5 heteroatoms. The Kier molecular flexibility index (Phi) is 5.61. The molecule has 22 heavy (non-hydrogen) atoms. The van der Waals surface area contributed by atoms with Crippen LogP contribution in [0.3, 0.4) is 0 Å². The van der Waals surface area contributed by atoms with E-state index >= 15 is 0 Å². The van der Waals surface area contributed by atoms with Crippen LogP contribution < -0.4 is 0 Å². The van der Waals surface area contributed by atoms with E-state index < -0.39 is 12.0 Å². The van der Waals surface area contributed by atoms with Crippen LogP contribution in [0.5, 0.6) is 0 Å². The largest absolute Gasteiger partial charge is 0.462 e. The van der Waals surface area contributed by atoms with Crippen molar-refractivity contribution in [2.24, 2.45) is 4.99 Å². The minimum Gasteiger partial charge on any atom is -0.462 e. The smallest absolute Gasteiger partial charge is 0.330 e. The molecule has 2 rings (SSSR count). The van der Waals surface area contributed by atoms with Gasteiger partial charge in [-0.25, -0.2) is 9.78 Å². The van der Waals surface area contributed by atoms with Crippen molar-refractivity contribution < 1.29 is 14.6 Å². The predicted molar refractivity (Wildman–Crippen MR) is 86.1 cm³/mol. The molecule has 1 atom stereocenters. The number of aliphatic hydroxyl groups excluding tert-OH is 1. The lowest BCUT2D eigenvalue weighted by Gasteiger charge is -2.11. The second kappa shape index (κ2) is 7.66. The van der Waals surface area contributed by atoms with E-state index in [1.807, 2.05) is 50.2 Å². The molecule has 0 aliphatic carbocycles. The SMILES string of the molecule is CC[C@@H](N=C(C)c1ccc2ccccc2n1)C(=O)OCCO. The Balaban J connectivity index is 2.22. The maximum absolute atomic E-state index is 11.9. The highest BCUT2D eigenvalue weighted by Gasteiger charge is 2.17. The molecule has 0 saturated carbocycles. The lowest BCUT2D eigenvalue weighted by molar-refractivity contribution is -0.146. The number of aromatic nitrogens is 1. The molecule has 0 saturated heterocycles. The van der Waals surface area contributed by atoms with E-state index in [-0.39, 0.29) is 13.2 Å². The van der Waals surface area contributed by atoms with Gasteiger partial charge in [0.15, 0.2) is 0 Å². The molecule has 1 aromatic heterocycles. The highest BCUT2D eigenvalue weighted by molar-refractivity contribution is 6.00. The molecule has 0 bridgehead atoms. The van der Waals surface area contributed by atoms with E-state index in [0.717, 1.165) is 16.6 Å². The van der Waals surface area contributed by atoms with Crippen molar-refractivity contribution in [2.45, 2.75) is 26.3 Å². The van der Waals surface area contributed by atoms with Crippen LogP contribution in [0.1, 0.15) is 26.0 Å². The van der Waals surface area contributed by atoms with Gasteiger partial charge in [0.25, 0.3) is 0 Å². The molecule has 0 aliphatic heterocycles. The first-order valence-corrected chi connectivity index (χ1v) is 7.33. The number of esters is 1. The van der Waals surface area contributed by atoms with Gasteiger partial charge >= 0.3 is 5.97 Å². The fourth-order valence-corrected chi connectivity index (χ4v) is 2.12. The summed E-state index contributed by atoms with van der Waals surface area (Å²) in [6.07, 6.45) is 0.537. The summed E-state index contributed by atoms with van der Waals surface area (Å²) >= 11 is 0. The van der Waals surface area contributed by atoms with Crippen LogP contribution in [-0.4, -0.2) is 41.0 Å². The summed E-state index contributed by atoms with van der Waals surface area (Å²) in [5.74, 6) is -0.420. The van der Waals surface area contributed by atoms with Gasteiger partial charge in [0.2, 0.25) is 0 Å². The van der Waals surface area contributed by atoms with Crippen LogP contribution in [0.2, 0.25) is 0 Å². The number of aliphatic hydroxyl groups is 1. The van der Waals surface area contributed by atoms with Crippen LogP contribution in [0.4, 0.5) is 0 Å². The monoisotopic (exact) mass is 300 g/mol. The maximum Gasteiger partial charge on any atom is 0.330 e. The van der Waals surface area contributed by atoms with Gasteiger partial charge in [-0.3, -0.25) is 4.99 Å². The van der Waals surface area contributed by atoms with Gasteiger partial charge in [-0.2, -0.15) is 0 Å². The zero-order valence-electron chi connectivity index (χ0n) is 12.8. The third-order valence-corrected chi connectivity index (χ3v) is 3.31. The summed E-state index contributed by atoms with van der Waals surface area (Å²) in [6, 6.07) is 11.2. The Bertz CT molecular complexity index is 682. The Labute approximate surface area is 129 Å². The molecule has 0 aliphatic rings. The number of carbonyl (C=O) groups excluding carboxylic acids is 1. The van der Waals surface area contributed by atoms with Gasteiger partial charge in [-0.05, 0) is 25.5 Å². The van der Waals surface area contributed by atoms with Gasteiger partial charge < -0.3 is 9.84 Å². The first-order chi connectivity index (χ1) is 10.7. The topological polar surface area (TPSA) is 71.8 Å². The molecule has 0 fully saturated rings. The summed E-state index contributed by atoms with van der Waals surface area (Å²) in [6.45, 7) is 3.52. The number of hydrogen-bond acceptors (Lipinski definition) is 5. The molecule has 0 radical (unpaired) electrons. The summed E-state index contributed by atoms with van der Waals surface area (Å²) in [5, 5.41) is 9.77. The second-order valence-electron chi connectivity index (χ2n) is 4.92. The van der Waals surface area contributed by atoms with Crippen molar-refractivity contribution in [3.05, 3.63) is 42.1 Å². The van der Waals surface area contributed by atoms with Gasteiger partial charge in [-0.15, -0.1) is 0 Å². The molecular weight excluding hydrogens is 280 g/mol. The van der Waals surface area contributed by atoms with Crippen molar-refractivity contribution in [1.29, 1.82) is 0 Å². The maximum atomic E-state index is 11.9. The summed E-state index contributed by atoms with van der Waals surface area (Å²) in [4.78, 5) is 20.8. The summed E-state index contributed by atoms with van der Waals surface area (Å²) in [7, 11) is 0. The first-order valence-electron chi connectivity index (χ1n) is 7.33. The quantitative estimate of drug-likeness (QED) is 0.656. The number of hydrogen-bond donors (Lipinski definition) is 1. The highest BCUT2D eigenvalue weighted by atomic mass is 16.5. The number of nitrogens with zero attached hydrogens (tertiary/aromatic N) is 2. The standard InChI is InChI=1S/C17H20N2O3/c1-3-14(17(21)22-11-10-20)18-12(2)15-9-8-13-6-4-5-7-16(13)19-15/h4-9,14,20H,3,10-11H2,1-2H3/t14-/m1/s1. The van der Waals surface area contributed by atoms with Gasteiger partial charge in [0.1, 0.15) is 12.6 Å². The Morgan fingerprint density at radius 1 is 1.32 bits per heavy atom. The lowest BCUT2D eigenvalue weighted by Crippen LogP contribution is -2.23. The fourth-order valence-electron chi connectivity index (χ4n) is 2.12. The van der Waals surface area contributed by atoms with Gasteiger partial charge in [0, 0.05) is 5.39 Å². The number of pyridine rings is 1. The van der Waals surface area contributed by atoms with Crippen LogP contribution in [-0.2, 0) is 9.53 Å². The molecular formula is C17H20N2O3. The summed E-state index contributed by atoms with van der Waals surface area (Å²) < 4.78 is 4.93. The Hall–Kier alpha value is -2.27.